The smallest absolute Gasteiger partial charge is 0.407 e. The van der Waals surface area contributed by atoms with Gasteiger partial charge in [-0.2, -0.15) is 20.0 Å². The lowest BCUT2D eigenvalue weighted by molar-refractivity contribution is 0.0497. The van der Waals surface area contributed by atoms with E-state index in [-0.39, 0.29) is 23.2 Å². The van der Waals surface area contributed by atoms with Crippen molar-refractivity contribution in [3.63, 3.8) is 0 Å². The van der Waals surface area contributed by atoms with Crippen LogP contribution < -0.4 is 15.5 Å². The summed E-state index contributed by atoms with van der Waals surface area (Å²) in [5.74, 6) is 0.537. The Morgan fingerprint density at radius 1 is 1.36 bits per heavy atom. The summed E-state index contributed by atoms with van der Waals surface area (Å²) in [6.07, 6.45) is -0.289. The van der Waals surface area contributed by atoms with E-state index in [0.29, 0.717) is 47.9 Å². The third-order valence-electron chi connectivity index (χ3n) is 5.94. The molecule has 1 aromatic carbocycles. The molecular weight excluding hydrogens is 488 g/mol. The molecule has 1 amide bonds. The van der Waals surface area contributed by atoms with Gasteiger partial charge >= 0.3 is 6.09 Å². The third kappa shape index (κ3) is 4.62. The molecule has 4 N–H and O–H groups in total. The number of piperidine rings is 1. The van der Waals surface area contributed by atoms with Crippen LogP contribution in [0.5, 0.6) is 0 Å². The second-order valence-corrected chi connectivity index (χ2v) is 8.54. The lowest BCUT2D eigenvalue weighted by Gasteiger charge is -2.40. The lowest BCUT2D eigenvalue weighted by Crippen LogP contribution is -2.54. The Bertz CT molecular complexity index is 1400. The van der Waals surface area contributed by atoms with Crippen molar-refractivity contribution in [2.75, 3.05) is 42.2 Å². The number of aliphatic hydroxyl groups excluding tert-OH is 1. The summed E-state index contributed by atoms with van der Waals surface area (Å²) in [7, 11) is 1.42. The van der Waals surface area contributed by atoms with Gasteiger partial charge in [0.1, 0.15) is 6.07 Å². The molecule has 1 fully saturated rings. The quantitative estimate of drug-likeness (QED) is 0.382. The van der Waals surface area contributed by atoms with E-state index < -0.39 is 18.2 Å². The highest BCUT2D eigenvalue weighted by atomic mass is 35.5. The maximum absolute atomic E-state index is 11.3. The van der Waals surface area contributed by atoms with Crippen molar-refractivity contribution in [3.05, 3.63) is 34.6 Å². The van der Waals surface area contributed by atoms with Gasteiger partial charge in [0.2, 0.25) is 5.95 Å². The van der Waals surface area contributed by atoms with Crippen molar-refractivity contribution in [1.29, 1.82) is 10.5 Å². The average molecular weight is 511 g/mol. The Hall–Kier alpha value is -4.33. The molecule has 4 rings (SSSR count). The maximum atomic E-state index is 11.3. The number of halogens is 1. The standard InChI is InChI=1S/C22H23ClN10O3/c1-3-26-19-20-27-10-13(9-25)33(20)30-21(29-19)28-14-6-12(8-24)7-16(18(14)23)32-5-4-15(17(34)11-32)31(2)22(35)36/h6-7,10,15,17,34H,3-5,11H2,1-2H3,(H,35,36)(H2,26,28,29,30)/t15-,17+/m1/s1. The van der Waals surface area contributed by atoms with Gasteiger partial charge in [-0.3, -0.25) is 0 Å². The number of nitriles is 2. The van der Waals surface area contributed by atoms with Gasteiger partial charge in [0, 0.05) is 26.7 Å². The molecule has 0 unspecified atom stereocenters. The van der Waals surface area contributed by atoms with Gasteiger partial charge in [-0.15, -0.1) is 5.10 Å². The van der Waals surface area contributed by atoms with Gasteiger partial charge in [-0.25, -0.2) is 9.78 Å². The summed E-state index contributed by atoms with van der Waals surface area (Å²) in [6.45, 7) is 3.00. The summed E-state index contributed by atoms with van der Waals surface area (Å²) in [4.78, 5) is 22.9. The zero-order chi connectivity index (χ0) is 26.0. The van der Waals surface area contributed by atoms with E-state index in [1.54, 1.807) is 12.1 Å². The number of imidazole rings is 1. The van der Waals surface area contributed by atoms with Crippen molar-refractivity contribution in [1.82, 2.24) is 24.5 Å². The van der Waals surface area contributed by atoms with Crippen molar-refractivity contribution in [3.8, 4) is 12.1 Å². The average Bonchev–Trinajstić information content (AvgIpc) is 3.28. The second-order valence-electron chi connectivity index (χ2n) is 8.16. The Labute approximate surface area is 211 Å². The van der Waals surface area contributed by atoms with Crippen molar-refractivity contribution in [2.45, 2.75) is 25.5 Å². The van der Waals surface area contributed by atoms with Gasteiger partial charge in [0.15, 0.2) is 17.2 Å². The number of aliphatic hydroxyl groups is 1. The Balaban J connectivity index is 1.69. The zero-order valence-corrected chi connectivity index (χ0v) is 20.2. The topological polar surface area (TPSA) is 179 Å². The molecule has 2 aromatic heterocycles. The van der Waals surface area contributed by atoms with E-state index in [2.05, 4.69) is 31.8 Å². The zero-order valence-electron chi connectivity index (χ0n) is 19.5. The fourth-order valence-electron chi connectivity index (χ4n) is 4.14. The number of fused-ring (bicyclic) bond motifs is 1. The predicted molar refractivity (Wildman–Crippen MR) is 132 cm³/mol. The van der Waals surface area contributed by atoms with Gasteiger partial charge in [0.05, 0.1) is 46.4 Å². The molecule has 1 aliphatic rings. The number of rotatable bonds is 6. The van der Waals surface area contributed by atoms with E-state index in [1.807, 2.05) is 17.9 Å². The minimum absolute atomic E-state index is 0.123. The summed E-state index contributed by atoms with van der Waals surface area (Å²) in [5, 5.41) is 49.6. The lowest BCUT2D eigenvalue weighted by atomic mass is 9.99. The summed E-state index contributed by atoms with van der Waals surface area (Å²) in [5.41, 5.74) is 1.77. The van der Waals surface area contributed by atoms with Gasteiger partial charge < -0.3 is 30.6 Å². The molecule has 0 saturated carbocycles. The highest BCUT2D eigenvalue weighted by molar-refractivity contribution is 6.36. The number of amides is 1. The first-order valence-electron chi connectivity index (χ1n) is 11.1. The third-order valence-corrected chi connectivity index (χ3v) is 6.33. The summed E-state index contributed by atoms with van der Waals surface area (Å²) < 4.78 is 1.36. The van der Waals surface area contributed by atoms with Crippen LogP contribution in [0.2, 0.25) is 5.02 Å². The first-order chi connectivity index (χ1) is 17.3. The highest BCUT2D eigenvalue weighted by Gasteiger charge is 2.33. The number of anilines is 4. The van der Waals surface area contributed by atoms with Crippen LogP contribution in [0.25, 0.3) is 5.65 Å². The number of hydrogen-bond donors (Lipinski definition) is 4. The van der Waals surface area contributed by atoms with Crippen LogP contribution in [0, 0.1) is 22.7 Å². The molecule has 3 heterocycles. The minimum atomic E-state index is -1.12. The molecule has 1 saturated heterocycles. The SMILES string of the molecule is CCNc1nc(Nc2cc(C#N)cc(N3CC[C@@H](N(C)C(=O)O)[C@@H](O)C3)c2Cl)nn2c(C#N)cnc12. The molecule has 36 heavy (non-hydrogen) atoms. The number of aromatic nitrogens is 4. The second kappa shape index (κ2) is 10.1. The van der Waals surface area contributed by atoms with Crippen molar-refractivity contribution < 1.29 is 15.0 Å². The van der Waals surface area contributed by atoms with Gasteiger partial charge in [-0.1, -0.05) is 11.6 Å². The Kier molecular flexibility index (Phi) is 6.96. The van der Waals surface area contributed by atoms with Crippen LogP contribution in [0.1, 0.15) is 24.6 Å². The Morgan fingerprint density at radius 2 is 2.14 bits per heavy atom. The first-order valence-corrected chi connectivity index (χ1v) is 11.4. The van der Waals surface area contributed by atoms with Crippen LogP contribution in [0.15, 0.2) is 18.3 Å². The Morgan fingerprint density at radius 3 is 2.78 bits per heavy atom. The molecule has 1 aliphatic heterocycles. The number of likely N-dealkylation sites (N-methyl/N-ethyl adjacent to an activating group) is 1. The fourth-order valence-corrected chi connectivity index (χ4v) is 4.42. The van der Waals surface area contributed by atoms with E-state index in [0.717, 1.165) is 4.90 Å². The van der Waals surface area contributed by atoms with Gasteiger partial charge in [-0.05, 0) is 25.5 Å². The maximum Gasteiger partial charge on any atom is 0.407 e. The number of β-amino-alcohol motifs (C(OH)–C–C–N with tert-alkyl or cyclic N) is 1. The monoisotopic (exact) mass is 510 g/mol. The van der Waals surface area contributed by atoms with Crippen molar-refractivity contribution in [2.24, 2.45) is 0 Å². The number of carbonyl (C=O) groups is 1. The van der Waals surface area contributed by atoms with Gasteiger partial charge in [0.25, 0.3) is 0 Å². The van der Waals surface area contributed by atoms with Crippen LogP contribution in [-0.4, -0.2) is 79.6 Å². The fraction of sp³-hybridized carbons (Fsp3) is 0.364. The van der Waals surface area contributed by atoms with Crippen LogP contribution in [-0.2, 0) is 0 Å². The molecule has 3 aromatic rings. The number of benzene rings is 1. The molecule has 2 atom stereocenters. The molecule has 14 heteroatoms. The molecule has 0 aliphatic carbocycles. The van der Waals surface area contributed by atoms with E-state index in [1.165, 1.54) is 17.8 Å². The van der Waals surface area contributed by atoms with Crippen LogP contribution >= 0.6 is 11.6 Å². The van der Waals surface area contributed by atoms with Crippen LogP contribution in [0.3, 0.4) is 0 Å². The minimum Gasteiger partial charge on any atom is -0.465 e. The first kappa shape index (κ1) is 24.8. The molecule has 0 radical (unpaired) electrons. The van der Waals surface area contributed by atoms with Crippen molar-refractivity contribution >= 4 is 46.5 Å². The van der Waals surface area contributed by atoms with E-state index >= 15 is 0 Å². The number of nitrogens with one attached hydrogen (secondary N) is 2. The van der Waals surface area contributed by atoms with E-state index in [9.17, 15) is 25.5 Å². The number of carboxylic acid groups (broad SMARTS) is 1. The molecular formula is C22H23ClN10O3. The summed E-state index contributed by atoms with van der Waals surface area (Å²) in [6, 6.07) is 6.74. The molecule has 0 bridgehead atoms. The number of hydrogen-bond acceptors (Lipinski definition) is 10. The molecule has 0 spiro atoms. The summed E-state index contributed by atoms with van der Waals surface area (Å²) >= 11 is 6.73. The predicted octanol–water partition coefficient (Wildman–Crippen LogP) is 2.25. The van der Waals surface area contributed by atoms with Crippen LogP contribution in [0.4, 0.5) is 27.9 Å². The molecule has 186 valence electrons. The number of nitrogens with zero attached hydrogens (tertiary/aromatic N) is 8. The molecule has 13 nitrogen and oxygen atoms in total. The van der Waals surface area contributed by atoms with E-state index in [4.69, 9.17) is 11.6 Å². The largest absolute Gasteiger partial charge is 0.465 e. The normalized spacial score (nSPS) is 17.3. The highest BCUT2D eigenvalue weighted by Crippen LogP contribution is 2.37.